The summed E-state index contributed by atoms with van der Waals surface area (Å²) in [5, 5.41) is 9.10. The number of aromatic nitrogens is 1. The van der Waals surface area contributed by atoms with Crippen LogP contribution in [0.3, 0.4) is 0 Å². The van der Waals surface area contributed by atoms with Gasteiger partial charge in [0.1, 0.15) is 0 Å². The van der Waals surface area contributed by atoms with Crippen molar-refractivity contribution >= 4 is 17.7 Å². The molecule has 86 valence electrons. The highest BCUT2D eigenvalue weighted by atomic mass is 32.2. The molecule has 0 amide bonds. The molecule has 1 aromatic rings. The van der Waals surface area contributed by atoms with Crippen LogP contribution < -0.4 is 0 Å². The summed E-state index contributed by atoms with van der Waals surface area (Å²) < 4.78 is 5.39. The first-order valence-corrected chi connectivity index (χ1v) is 6.73. The highest BCUT2D eigenvalue weighted by Crippen LogP contribution is 2.42. The van der Waals surface area contributed by atoms with Crippen molar-refractivity contribution in [3.8, 4) is 0 Å². The molecule has 1 saturated heterocycles. The van der Waals surface area contributed by atoms with E-state index in [0.29, 0.717) is 17.5 Å². The Morgan fingerprint density at radius 3 is 2.75 bits per heavy atom. The number of hydrogen-bond acceptors (Lipinski definition) is 4. The van der Waals surface area contributed by atoms with E-state index in [-0.39, 0.29) is 11.7 Å². The molecule has 2 heterocycles. The molecular weight excluding hydrogens is 226 g/mol. The molecule has 5 heteroatoms. The normalized spacial score (nSPS) is 24.9. The number of carboxylic acid groups (broad SMARTS) is 1. The summed E-state index contributed by atoms with van der Waals surface area (Å²) in [4.78, 5) is 15.5. The Kier molecular flexibility index (Phi) is 2.42. The van der Waals surface area contributed by atoms with Crippen molar-refractivity contribution in [1.29, 1.82) is 0 Å². The molecule has 1 saturated carbocycles. The van der Waals surface area contributed by atoms with Crippen LogP contribution in [0.5, 0.6) is 0 Å². The van der Waals surface area contributed by atoms with Crippen molar-refractivity contribution in [3.05, 3.63) is 17.3 Å². The summed E-state index contributed by atoms with van der Waals surface area (Å²) in [5.41, 5.74) is 0.680. The highest BCUT2D eigenvalue weighted by molar-refractivity contribution is 7.99. The fourth-order valence-corrected chi connectivity index (χ4v) is 3.26. The minimum Gasteiger partial charge on any atom is -0.475 e. The summed E-state index contributed by atoms with van der Waals surface area (Å²) in [7, 11) is 0. The van der Waals surface area contributed by atoms with Gasteiger partial charge in [0.15, 0.2) is 5.89 Å². The standard InChI is InChI=1S/C11H13NO3S/c13-11(14)9-8(7-3-4-16-5-7)12-10(15-9)6-1-2-6/h6-7H,1-5H2,(H,13,14). The molecule has 0 radical (unpaired) electrons. The molecule has 1 atom stereocenters. The molecule has 1 N–H and O–H groups in total. The molecule has 1 unspecified atom stereocenters. The Balaban J connectivity index is 1.96. The molecule has 0 bridgehead atoms. The van der Waals surface area contributed by atoms with Gasteiger partial charge in [0, 0.05) is 17.6 Å². The molecule has 0 aromatic carbocycles. The Morgan fingerprint density at radius 2 is 2.19 bits per heavy atom. The van der Waals surface area contributed by atoms with Crippen LogP contribution >= 0.6 is 11.8 Å². The SMILES string of the molecule is O=C(O)c1oc(C2CC2)nc1C1CCSC1. The van der Waals surface area contributed by atoms with Crippen LogP contribution in [-0.4, -0.2) is 27.6 Å². The zero-order valence-corrected chi connectivity index (χ0v) is 9.63. The lowest BCUT2D eigenvalue weighted by Crippen LogP contribution is -2.05. The van der Waals surface area contributed by atoms with E-state index in [9.17, 15) is 4.79 Å². The summed E-state index contributed by atoms with van der Waals surface area (Å²) in [6.07, 6.45) is 3.18. The maximum absolute atomic E-state index is 11.1. The van der Waals surface area contributed by atoms with Crippen LogP contribution in [-0.2, 0) is 0 Å². The molecule has 2 aliphatic rings. The van der Waals surface area contributed by atoms with E-state index < -0.39 is 5.97 Å². The van der Waals surface area contributed by atoms with Gasteiger partial charge < -0.3 is 9.52 Å². The molecule has 2 fully saturated rings. The van der Waals surface area contributed by atoms with Gasteiger partial charge in [0.05, 0.1) is 5.69 Å². The van der Waals surface area contributed by atoms with Crippen molar-refractivity contribution in [1.82, 2.24) is 4.98 Å². The Labute approximate surface area is 97.4 Å². The Bertz CT molecular complexity index is 419. The number of aromatic carboxylic acids is 1. The van der Waals surface area contributed by atoms with E-state index in [0.717, 1.165) is 30.8 Å². The van der Waals surface area contributed by atoms with Gasteiger partial charge in [0.25, 0.3) is 0 Å². The predicted molar refractivity (Wildman–Crippen MR) is 60.1 cm³/mol. The maximum atomic E-state index is 11.1. The number of carboxylic acids is 1. The van der Waals surface area contributed by atoms with Gasteiger partial charge in [-0.15, -0.1) is 0 Å². The van der Waals surface area contributed by atoms with E-state index in [2.05, 4.69) is 4.98 Å². The summed E-state index contributed by atoms with van der Waals surface area (Å²) in [5.74, 6) is 2.45. The van der Waals surface area contributed by atoms with Crippen molar-refractivity contribution in [3.63, 3.8) is 0 Å². The first kappa shape index (κ1) is 10.2. The quantitative estimate of drug-likeness (QED) is 0.877. The Hall–Kier alpha value is -0.970. The molecule has 1 aliphatic heterocycles. The number of thioether (sulfide) groups is 1. The van der Waals surface area contributed by atoms with Gasteiger partial charge in [-0.2, -0.15) is 11.8 Å². The molecule has 1 aliphatic carbocycles. The fourth-order valence-electron chi connectivity index (χ4n) is 2.03. The van der Waals surface area contributed by atoms with Crippen molar-refractivity contribution in [2.24, 2.45) is 0 Å². The topological polar surface area (TPSA) is 63.3 Å². The number of oxazole rings is 1. The maximum Gasteiger partial charge on any atom is 0.373 e. The van der Waals surface area contributed by atoms with Crippen molar-refractivity contribution in [2.75, 3.05) is 11.5 Å². The minimum absolute atomic E-state index is 0.0781. The average molecular weight is 239 g/mol. The van der Waals surface area contributed by atoms with E-state index in [1.54, 1.807) is 0 Å². The third-order valence-corrected chi connectivity index (χ3v) is 4.27. The zero-order chi connectivity index (χ0) is 11.1. The summed E-state index contributed by atoms with van der Waals surface area (Å²) in [6.45, 7) is 0. The molecule has 0 spiro atoms. The zero-order valence-electron chi connectivity index (χ0n) is 8.81. The lowest BCUT2D eigenvalue weighted by molar-refractivity contribution is 0.0658. The third kappa shape index (κ3) is 1.73. The van der Waals surface area contributed by atoms with Gasteiger partial charge in [0.2, 0.25) is 5.76 Å². The lowest BCUT2D eigenvalue weighted by Gasteiger charge is -2.03. The number of nitrogens with zero attached hydrogens (tertiary/aromatic N) is 1. The predicted octanol–water partition coefficient (Wildman–Crippen LogP) is 2.47. The van der Waals surface area contributed by atoms with Crippen LogP contribution in [0.1, 0.15) is 53.2 Å². The van der Waals surface area contributed by atoms with Crippen LogP contribution in [0.4, 0.5) is 0 Å². The number of hydrogen-bond donors (Lipinski definition) is 1. The van der Waals surface area contributed by atoms with Crippen LogP contribution in [0, 0.1) is 0 Å². The van der Waals surface area contributed by atoms with E-state index in [1.165, 1.54) is 0 Å². The number of carbonyl (C=O) groups is 1. The van der Waals surface area contributed by atoms with Gasteiger partial charge >= 0.3 is 5.97 Å². The van der Waals surface area contributed by atoms with Crippen LogP contribution in [0.15, 0.2) is 4.42 Å². The molecule has 1 aromatic heterocycles. The summed E-state index contributed by atoms with van der Waals surface area (Å²) in [6, 6.07) is 0. The van der Waals surface area contributed by atoms with E-state index in [4.69, 9.17) is 9.52 Å². The molecule has 3 rings (SSSR count). The first-order valence-electron chi connectivity index (χ1n) is 5.57. The van der Waals surface area contributed by atoms with E-state index in [1.807, 2.05) is 11.8 Å². The fraction of sp³-hybridized carbons (Fsp3) is 0.636. The van der Waals surface area contributed by atoms with Gasteiger partial charge in [-0.05, 0) is 25.0 Å². The second-order valence-corrected chi connectivity index (χ2v) is 5.56. The average Bonchev–Trinajstić information content (AvgIpc) is 2.83. The van der Waals surface area contributed by atoms with Gasteiger partial charge in [-0.3, -0.25) is 0 Å². The largest absolute Gasteiger partial charge is 0.475 e. The van der Waals surface area contributed by atoms with Crippen molar-refractivity contribution < 1.29 is 14.3 Å². The summed E-state index contributed by atoms with van der Waals surface area (Å²) >= 11 is 1.86. The molecular formula is C11H13NO3S. The second kappa shape index (κ2) is 3.80. The van der Waals surface area contributed by atoms with Gasteiger partial charge in [-0.1, -0.05) is 0 Å². The third-order valence-electron chi connectivity index (χ3n) is 3.11. The highest BCUT2D eigenvalue weighted by Gasteiger charge is 2.34. The smallest absolute Gasteiger partial charge is 0.373 e. The first-order chi connectivity index (χ1) is 7.75. The second-order valence-electron chi connectivity index (χ2n) is 4.41. The Morgan fingerprint density at radius 1 is 1.38 bits per heavy atom. The number of rotatable bonds is 3. The lowest BCUT2D eigenvalue weighted by atomic mass is 10.0. The molecule has 16 heavy (non-hydrogen) atoms. The monoisotopic (exact) mass is 239 g/mol. The molecule has 4 nitrogen and oxygen atoms in total. The van der Waals surface area contributed by atoms with Crippen molar-refractivity contribution in [2.45, 2.75) is 31.1 Å². The van der Waals surface area contributed by atoms with Gasteiger partial charge in [-0.25, -0.2) is 9.78 Å². The van der Waals surface area contributed by atoms with Crippen LogP contribution in [0.2, 0.25) is 0 Å². The minimum atomic E-state index is -0.980. The van der Waals surface area contributed by atoms with Crippen LogP contribution in [0.25, 0.3) is 0 Å². The van der Waals surface area contributed by atoms with E-state index >= 15 is 0 Å².